The number of thiophene rings is 1. The number of carbonyl (C=O) groups excluding carboxylic acids is 4. The molecule has 0 radical (unpaired) electrons. The summed E-state index contributed by atoms with van der Waals surface area (Å²) in [6.07, 6.45) is 0.811. The van der Waals surface area contributed by atoms with Crippen molar-refractivity contribution in [2.45, 2.75) is 13.0 Å². The zero-order valence-electron chi connectivity index (χ0n) is 16.9. The van der Waals surface area contributed by atoms with Crippen molar-refractivity contribution in [3.05, 3.63) is 87.1 Å². The molecule has 0 saturated carbocycles. The van der Waals surface area contributed by atoms with E-state index < -0.39 is 17.8 Å². The average molecular weight is 446 g/mol. The van der Waals surface area contributed by atoms with Crippen LogP contribution in [0, 0.1) is 0 Å². The van der Waals surface area contributed by atoms with E-state index in [1.165, 1.54) is 29.1 Å². The summed E-state index contributed by atoms with van der Waals surface area (Å²) in [4.78, 5) is 54.1. The lowest BCUT2D eigenvalue weighted by molar-refractivity contribution is -0.135. The van der Waals surface area contributed by atoms with Crippen LogP contribution in [0.5, 0.6) is 0 Å². The van der Waals surface area contributed by atoms with Crippen molar-refractivity contribution < 1.29 is 23.9 Å². The first-order chi connectivity index (χ1) is 15.5. The fourth-order valence-electron chi connectivity index (χ4n) is 3.93. The van der Waals surface area contributed by atoms with Crippen molar-refractivity contribution in [3.63, 3.8) is 0 Å². The number of rotatable bonds is 4. The van der Waals surface area contributed by atoms with Gasteiger partial charge in [-0.3, -0.25) is 14.4 Å². The monoisotopic (exact) mass is 446 g/mol. The van der Waals surface area contributed by atoms with E-state index >= 15 is 0 Å². The normalized spacial score (nSPS) is 14.9. The number of benzene rings is 2. The largest absolute Gasteiger partial charge is 0.452 e. The molecule has 2 aliphatic rings. The summed E-state index contributed by atoms with van der Waals surface area (Å²) in [5.41, 5.74) is 2.45. The van der Waals surface area contributed by atoms with Crippen molar-refractivity contribution in [2.24, 2.45) is 0 Å². The third-order valence-electron chi connectivity index (χ3n) is 5.64. The molecule has 0 N–H and O–H groups in total. The Balaban J connectivity index is 1.21. The number of ether oxygens (including phenoxy) is 1. The van der Waals surface area contributed by atoms with Gasteiger partial charge in [0.1, 0.15) is 0 Å². The molecule has 3 amide bonds. The van der Waals surface area contributed by atoms with E-state index in [2.05, 4.69) is 0 Å². The first kappa shape index (κ1) is 20.1. The van der Waals surface area contributed by atoms with Crippen LogP contribution in [0.25, 0.3) is 0 Å². The van der Waals surface area contributed by atoms with E-state index in [1.807, 2.05) is 11.4 Å². The molecule has 3 heterocycles. The molecule has 0 fully saturated rings. The smallest absolute Gasteiger partial charge is 0.338 e. The third-order valence-corrected chi connectivity index (χ3v) is 6.67. The number of anilines is 1. The van der Waals surface area contributed by atoms with Crippen LogP contribution in [-0.4, -0.2) is 41.7 Å². The molecule has 1 aromatic heterocycles. The van der Waals surface area contributed by atoms with Crippen LogP contribution in [-0.2, 0) is 22.5 Å². The van der Waals surface area contributed by atoms with Gasteiger partial charge in [-0.1, -0.05) is 12.1 Å². The number of hydrogen-bond acceptors (Lipinski definition) is 6. The zero-order valence-corrected chi connectivity index (χ0v) is 17.8. The van der Waals surface area contributed by atoms with Gasteiger partial charge in [0.05, 0.1) is 22.4 Å². The Morgan fingerprint density at radius 1 is 0.938 bits per heavy atom. The van der Waals surface area contributed by atoms with E-state index in [0.717, 1.165) is 16.9 Å². The standard InChI is InChI=1S/C24H18N2O5S/c27-21(25-11-9-20-16(13-25)10-12-32-20)14-31-24(30)15-5-7-17(8-6-15)26-22(28)18-3-1-2-4-19(18)23(26)29/h1-8,10,12H,9,11,13-14H2. The third kappa shape index (κ3) is 3.48. The molecular weight excluding hydrogens is 428 g/mol. The number of esters is 1. The fourth-order valence-corrected chi connectivity index (χ4v) is 4.82. The molecule has 3 aromatic rings. The molecule has 0 atom stereocenters. The number of amides is 3. The minimum atomic E-state index is -0.638. The minimum Gasteiger partial charge on any atom is -0.452 e. The fraction of sp³-hybridized carbons (Fsp3) is 0.167. The second kappa shape index (κ2) is 8.05. The molecule has 0 spiro atoms. The molecule has 0 aliphatic carbocycles. The van der Waals surface area contributed by atoms with E-state index in [0.29, 0.717) is 29.9 Å². The molecule has 7 nitrogen and oxygen atoms in total. The van der Waals surface area contributed by atoms with Crippen molar-refractivity contribution in [1.82, 2.24) is 4.90 Å². The van der Waals surface area contributed by atoms with Gasteiger partial charge < -0.3 is 9.64 Å². The lowest BCUT2D eigenvalue weighted by Crippen LogP contribution is -2.38. The minimum absolute atomic E-state index is 0.233. The molecule has 2 aromatic carbocycles. The Morgan fingerprint density at radius 3 is 2.31 bits per heavy atom. The second-order valence-electron chi connectivity index (χ2n) is 7.55. The predicted molar refractivity (Wildman–Crippen MR) is 118 cm³/mol. The lowest BCUT2D eigenvalue weighted by Gasteiger charge is -2.26. The first-order valence-corrected chi connectivity index (χ1v) is 11.0. The number of carbonyl (C=O) groups is 4. The van der Waals surface area contributed by atoms with Crippen molar-refractivity contribution in [2.75, 3.05) is 18.1 Å². The highest BCUT2D eigenvalue weighted by atomic mass is 32.1. The summed E-state index contributed by atoms with van der Waals surface area (Å²) in [7, 11) is 0. The molecule has 32 heavy (non-hydrogen) atoms. The lowest BCUT2D eigenvalue weighted by atomic mass is 10.1. The molecule has 0 bridgehead atoms. The van der Waals surface area contributed by atoms with Gasteiger partial charge in [0.25, 0.3) is 17.7 Å². The van der Waals surface area contributed by atoms with Crippen molar-refractivity contribution >= 4 is 40.7 Å². The highest BCUT2D eigenvalue weighted by molar-refractivity contribution is 7.10. The van der Waals surface area contributed by atoms with Gasteiger partial charge in [-0.25, -0.2) is 9.69 Å². The van der Waals surface area contributed by atoms with Gasteiger partial charge in [0.15, 0.2) is 6.61 Å². The van der Waals surface area contributed by atoms with E-state index in [-0.39, 0.29) is 18.1 Å². The van der Waals surface area contributed by atoms with Crippen LogP contribution >= 0.6 is 11.3 Å². The van der Waals surface area contributed by atoms with E-state index in [4.69, 9.17) is 4.74 Å². The quantitative estimate of drug-likeness (QED) is 0.454. The van der Waals surface area contributed by atoms with Gasteiger partial charge in [-0.15, -0.1) is 11.3 Å². The van der Waals surface area contributed by atoms with E-state index in [9.17, 15) is 19.2 Å². The topological polar surface area (TPSA) is 84.0 Å². The summed E-state index contributed by atoms with van der Waals surface area (Å²) in [6.45, 7) is 0.807. The van der Waals surface area contributed by atoms with Gasteiger partial charge in [0, 0.05) is 18.0 Å². The Labute approximate surface area is 187 Å². The second-order valence-corrected chi connectivity index (χ2v) is 8.55. The molecule has 0 saturated heterocycles. The van der Waals surface area contributed by atoms with Crippen LogP contribution < -0.4 is 4.90 Å². The van der Waals surface area contributed by atoms with E-state index in [1.54, 1.807) is 40.5 Å². The predicted octanol–water partition coefficient (Wildman–Crippen LogP) is 3.29. The van der Waals surface area contributed by atoms with Crippen LogP contribution in [0.2, 0.25) is 0 Å². The molecule has 8 heteroatoms. The zero-order chi connectivity index (χ0) is 22.2. The summed E-state index contributed by atoms with van der Waals surface area (Å²) < 4.78 is 5.20. The first-order valence-electron chi connectivity index (χ1n) is 10.1. The van der Waals surface area contributed by atoms with Gasteiger partial charge in [-0.2, -0.15) is 0 Å². The summed E-state index contributed by atoms with van der Waals surface area (Å²) in [6, 6.07) is 14.6. The highest BCUT2D eigenvalue weighted by Gasteiger charge is 2.36. The maximum atomic E-state index is 12.6. The molecule has 160 valence electrons. The maximum Gasteiger partial charge on any atom is 0.338 e. The number of nitrogens with zero attached hydrogens (tertiary/aromatic N) is 2. The van der Waals surface area contributed by atoms with Crippen molar-refractivity contribution in [1.29, 1.82) is 0 Å². The maximum absolute atomic E-state index is 12.6. The number of hydrogen-bond donors (Lipinski definition) is 0. The SMILES string of the molecule is O=C(OCC(=O)N1CCc2sccc2C1)c1ccc(N2C(=O)c3ccccc3C2=O)cc1. The molecule has 0 unspecified atom stereocenters. The highest BCUT2D eigenvalue weighted by Crippen LogP contribution is 2.28. The molecule has 2 aliphatic heterocycles. The summed E-state index contributed by atoms with van der Waals surface area (Å²) in [5.74, 6) is -1.68. The number of fused-ring (bicyclic) bond motifs is 2. The van der Waals surface area contributed by atoms with Gasteiger partial charge in [0.2, 0.25) is 0 Å². The molecular formula is C24H18N2O5S. The van der Waals surface area contributed by atoms with Crippen molar-refractivity contribution in [3.8, 4) is 0 Å². The average Bonchev–Trinajstić information content (AvgIpc) is 3.39. The van der Waals surface area contributed by atoms with Crippen LogP contribution in [0.1, 0.15) is 41.5 Å². The van der Waals surface area contributed by atoms with Gasteiger partial charge in [-0.05, 0) is 59.8 Å². The number of imide groups is 1. The van der Waals surface area contributed by atoms with Gasteiger partial charge >= 0.3 is 5.97 Å². The van der Waals surface area contributed by atoms with Crippen LogP contribution in [0.3, 0.4) is 0 Å². The Bertz CT molecular complexity index is 1210. The van der Waals surface area contributed by atoms with Crippen LogP contribution in [0.15, 0.2) is 60.0 Å². The van der Waals surface area contributed by atoms with Crippen LogP contribution in [0.4, 0.5) is 5.69 Å². The Kier molecular flexibility index (Phi) is 5.07. The summed E-state index contributed by atoms with van der Waals surface area (Å²) >= 11 is 1.69. The summed E-state index contributed by atoms with van der Waals surface area (Å²) in [5, 5.41) is 2.02. The Hall–Kier alpha value is -3.78. The molecule has 5 rings (SSSR count). The Morgan fingerprint density at radius 2 is 1.62 bits per heavy atom.